The molecule has 3 rings (SSSR count). The summed E-state index contributed by atoms with van der Waals surface area (Å²) in [4.78, 5) is 30.2. The van der Waals surface area contributed by atoms with Crippen molar-refractivity contribution < 1.29 is 14.0 Å². The SMILES string of the molecule is Cc1nc(NC(=O)C(C)NC(=O)c2cccc(Cl)c2Cl)sc1Cc1ccc(F)cc1. The van der Waals surface area contributed by atoms with Gasteiger partial charge < -0.3 is 10.6 Å². The minimum Gasteiger partial charge on any atom is -0.340 e. The summed E-state index contributed by atoms with van der Waals surface area (Å²) in [6.07, 6.45) is 0.583. The number of aromatic nitrogens is 1. The molecule has 5 nitrogen and oxygen atoms in total. The van der Waals surface area contributed by atoms with Crippen LogP contribution in [-0.4, -0.2) is 22.8 Å². The standard InChI is InChI=1S/C21H18Cl2FN3O2S/c1-11-17(10-13-6-8-14(24)9-7-13)30-21(26-11)27-19(28)12(2)25-20(29)15-4-3-5-16(22)18(15)23/h3-9,12H,10H2,1-2H3,(H,25,29)(H,26,27,28). The van der Waals surface area contributed by atoms with Gasteiger partial charge >= 0.3 is 0 Å². The fourth-order valence-corrected chi connectivity index (χ4v) is 4.05. The lowest BCUT2D eigenvalue weighted by molar-refractivity contribution is -0.117. The molecular weight excluding hydrogens is 448 g/mol. The number of nitrogens with zero attached hydrogens (tertiary/aromatic N) is 1. The number of aryl methyl sites for hydroxylation is 1. The molecule has 1 atom stereocenters. The van der Waals surface area contributed by atoms with Crippen LogP contribution in [0, 0.1) is 12.7 Å². The van der Waals surface area contributed by atoms with Crippen molar-refractivity contribution >= 4 is 51.5 Å². The molecule has 0 aliphatic carbocycles. The molecule has 1 aromatic heterocycles. The summed E-state index contributed by atoms with van der Waals surface area (Å²) < 4.78 is 13.1. The molecule has 2 aromatic carbocycles. The van der Waals surface area contributed by atoms with Crippen LogP contribution in [-0.2, 0) is 11.2 Å². The van der Waals surface area contributed by atoms with Gasteiger partial charge in [-0.05, 0) is 43.7 Å². The molecule has 0 saturated heterocycles. The molecule has 1 unspecified atom stereocenters. The van der Waals surface area contributed by atoms with Gasteiger partial charge in [0.25, 0.3) is 5.91 Å². The van der Waals surface area contributed by atoms with Gasteiger partial charge in [0.2, 0.25) is 5.91 Å². The topological polar surface area (TPSA) is 71.1 Å². The summed E-state index contributed by atoms with van der Waals surface area (Å²) >= 11 is 13.3. The lowest BCUT2D eigenvalue weighted by Crippen LogP contribution is -2.41. The fraction of sp³-hybridized carbons (Fsp3) is 0.190. The van der Waals surface area contributed by atoms with Crippen LogP contribution in [0.25, 0.3) is 0 Å². The van der Waals surface area contributed by atoms with E-state index in [0.717, 1.165) is 16.1 Å². The molecule has 0 saturated carbocycles. The molecular formula is C21H18Cl2FN3O2S. The Hall–Kier alpha value is -2.48. The summed E-state index contributed by atoms with van der Waals surface area (Å²) in [5, 5.41) is 6.13. The predicted molar refractivity (Wildman–Crippen MR) is 118 cm³/mol. The van der Waals surface area contributed by atoms with Crippen molar-refractivity contribution in [2.45, 2.75) is 26.3 Å². The molecule has 2 amide bonds. The molecule has 2 N–H and O–H groups in total. The first-order valence-electron chi connectivity index (χ1n) is 9.01. The van der Waals surface area contributed by atoms with Gasteiger partial charge in [-0.1, -0.05) is 41.4 Å². The monoisotopic (exact) mass is 465 g/mol. The van der Waals surface area contributed by atoms with Crippen LogP contribution in [0.1, 0.15) is 33.4 Å². The number of halogens is 3. The summed E-state index contributed by atoms with van der Waals surface area (Å²) in [5.74, 6) is -1.20. The Kier molecular flexibility index (Phi) is 7.07. The van der Waals surface area contributed by atoms with Crippen molar-refractivity contribution in [3.63, 3.8) is 0 Å². The van der Waals surface area contributed by atoms with Crippen molar-refractivity contribution in [1.82, 2.24) is 10.3 Å². The van der Waals surface area contributed by atoms with E-state index >= 15 is 0 Å². The number of rotatable bonds is 6. The molecule has 0 radical (unpaired) electrons. The molecule has 0 spiro atoms. The maximum atomic E-state index is 13.1. The first-order chi connectivity index (χ1) is 14.2. The van der Waals surface area contributed by atoms with Crippen LogP contribution in [0.2, 0.25) is 10.0 Å². The van der Waals surface area contributed by atoms with Crippen molar-refractivity contribution in [1.29, 1.82) is 0 Å². The normalized spacial score (nSPS) is 11.8. The smallest absolute Gasteiger partial charge is 0.253 e. The van der Waals surface area contributed by atoms with Crippen molar-refractivity contribution in [2.75, 3.05) is 5.32 Å². The first kappa shape index (κ1) is 22.2. The average Bonchev–Trinajstić information content (AvgIpc) is 3.04. The van der Waals surface area contributed by atoms with E-state index in [9.17, 15) is 14.0 Å². The molecule has 0 aliphatic rings. The quantitative estimate of drug-likeness (QED) is 0.522. The van der Waals surface area contributed by atoms with Gasteiger partial charge in [0, 0.05) is 11.3 Å². The molecule has 30 heavy (non-hydrogen) atoms. The third-order valence-corrected chi connectivity index (χ3v) is 6.23. The second kappa shape index (κ2) is 9.55. The van der Waals surface area contributed by atoms with Crippen molar-refractivity contribution in [2.24, 2.45) is 0 Å². The van der Waals surface area contributed by atoms with E-state index in [2.05, 4.69) is 15.6 Å². The van der Waals surface area contributed by atoms with Crippen LogP contribution >= 0.6 is 34.5 Å². The second-order valence-electron chi connectivity index (χ2n) is 6.62. The van der Waals surface area contributed by atoms with Crippen LogP contribution in [0.15, 0.2) is 42.5 Å². The second-order valence-corrected chi connectivity index (χ2v) is 8.49. The third kappa shape index (κ3) is 5.36. The maximum Gasteiger partial charge on any atom is 0.253 e. The average molecular weight is 466 g/mol. The van der Waals surface area contributed by atoms with E-state index in [0.29, 0.717) is 11.6 Å². The summed E-state index contributed by atoms with van der Waals surface area (Å²) in [6.45, 7) is 3.41. The maximum absolute atomic E-state index is 13.1. The van der Waals surface area contributed by atoms with Gasteiger partial charge in [-0.3, -0.25) is 9.59 Å². The zero-order chi connectivity index (χ0) is 21.8. The molecule has 0 bridgehead atoms. The number of carbonyl (C=O) groups is 2. The first-order valence-corrected chi connectivity index (χ1v) is 10.6. The Bertz CT molecular complexity index is 1090. The molecule has 9 heteroatoms. The minimum absolute atomic E-state index is 0.130. The van der Waals surface area contributed by atoms with E-state index in [4.69, 9.17) is 23.2 Å². The fourth-order valence-electron chi connectivity index (χ4n) is 2.67. The third-order valence-electron chi connectivity index (χ3n) is 4.34. The molecule has 156 valence electrons. The Morgan fingerprint density at radius 2 is 1.87 bits per heavy atom. The number of nitrogens with one attached hydrogen (secondary N) is 2. The Labute approximate surface area is 187 Å². The number of hydrogen-bond donors (Lipinski definition) is 2. The van der Waals surface area contributed by atoms with Crippen LogP contribution < -0.4 is 10.6 Å². The number of carbonyl (C=O) groups excluding carboxylic acids is 2. The van der Waals surface area contributed by atoms with Crippen molar-refractivity contribution in [3.05, 3.63) is 80.0 Å². The molecule has 1 heterocycles. The van der Waals surface area contributed by atoms with Crippen LogP contribution in [0.3, 0.4) is 0 Å². The van der Waals surface area contributed by atoms with Gasteiger partial charge in [-0.2, -0.15) is 0 Å². The Morgan fingerprint density at radius 3 is 2.57 bits per heavy atom. The molecule has 3 aromatic rings. The number of benzene rings is 2. The van der Waals surface area contributed by atoms with E-state index in [1.54, 1.807) is 31.2 Å². The lowest BCUT2D eigenvalue weighted by Gasteiger charge is -2.14. The van der Waals surface area contributed by atoms with Gasteiger partial charge in [0.05, 0.1) is 21.3 Å². The van der Waals surface area contributed by atoms with E-state index in [1.807, 2.05) is 6.92 Å². The minimum atomic E-state index is -0.822. The number of hydrogen-bond acceptors (Lipinski definition) is 4. The summed E-state index contributed by atoms with van der Waals surface area (Å²) in [7, 11) is 0. The van der Waals surface area contributed by atoms with Gasteiger partial charge in [-0.25, -0.2) is 9.37 Å². The van der Waals surface area contributed by atoms with Gasteiger partial charge in [-0.15, -0.1) is 11.3 Å². The Balaban J connectivity index is 1.63. The Morgan fingerprint density at radius 1 is 1.17 bits per heavy atom. The largest absolute Gasteiger partial charge is 0.340 e. The highest BCUT2D eigenvalue weighted by Crippen LogP contribution is 2.26. The van der Waals surface area contributed by atoms with E-state index in [1.165, 1.54) is 29.5 Å². The zero-order valence-corrected chi connectivity index (χ0v) is 18.5. The number of anilines is 1. The molecule has 0 aliphatic heterocycles. The van der Waals surface area contributed by atoms with E-state index in [-0.39, 0.29) is 21.4 Å². The number of thiazole rings is 1. The van der Waals surface area contributed by atoms with Crippen LogP contribution in [0.4, 0.5) is 9.52 Å². The van der Waals surface area contributed by atoms with Crippen LogP contribution in [0.5, 0.6) is 0 Å². The van der Waals surface area contributed by atoms with Gasteiger partial charge in [0.1, 0.15) is 11.9 Å². The highest BCUT2D eigenvalue weighted by molar-refractivity contribution is 7.15. The summed E-state index contributed by atoms with van der Waals surface area (Å²) in [5.41, 5.74) is 1.91. The van der Waals surface area contributed by atoms with Crippen molar-refractivity contribution in [3.8, 4) is 0 Å². The van der Waals surface area contributed by atoms with E-state index < -0.39 is 17.9 Å². The predicted octanol–water partition coefficient (Wildman–Crippen LogP) is 5.25. The lowest BCUT2D eigenvalue weighted by atomic mass is 10.1. The highest BCUT2D eigenvalue weighted by Gasteiger charge is 2.20. The molecule has 0 fully saturated rings. The summed E-state index contributed by atoms with van der Waals surface area (Å²) in [6, 6.07) is 10.1. The zero-order valence-electron chi connectivity index (χ0n) is 16.1. The van der Waals surface area contributed by atoms with Gasteiger partial charge in [0.15, 0.2) is 5.13 Å². The number of amides is 2. The highest BCUT2D eigenvalue weighted by atomic mass is 35.5.